The minimum Gasteiger partial charge on any atom is -0.364 e. The van der Waals surface area contributed by atoms with Crippen LogP contribution >= 0.6 is 34.8 Å². The molecule has 0 radical (unpaired) electrons. The molecule has 0 saturated heterocycles. The average Bonchev–Trinajstić information content (AvgIpc) is 2.68. The highest BCUT2D eigenvalue weighted by Crippen LogP contribution is 2.27. The highest BCUT2D eigenvalue weighted by molar-refractivity contribution is 6.67. The van der Waals surface area contributed by atoms with Crippen molar-refractivity contribution in [2.45, 2.75) is 16.6 Å². The molecule has 1 aliphatic rings. The lowest BCUT2D eigenvalue weighted by molar-refractivity contribution is 0.173. The molecular formula is C8H9Cl3O. The van der Waals surface area contributed by atoms with Crippen molar-refractivity contribution in [3.05, 3.63) is 0 Å². The van der Waals surface area contributed by atoms with E-state index in [1.54, 1.807) is 0 Å². The molecule has 0 amide bonds. The summed E-state index contributed by atoms with van der Waals surface area (Å²) in [5, 5.41) is 0. The van der Waals surface area contributed by atoms with Crippen molar-refractivity contribution in [1.29, 1.82) is 0 Å². The Hall–Kier alpha value is 0.390. The molecule has 0 aromatic heterocycles. The maximum absolute atomic E-state index is 5.44. The Labute approximate surface area is 87.3 Å². The van der Waals surface area contributed by atoms with Gasteiger partial charge >= 0.3 is 0 Å². The van der Waals surface area contributed by atoms with Crippen LogP contribution in [-0.2, 0) is 4.74 Å². The van der Waals surface area contributed by atoms with E-state index in [1.807, 2.05) is 0 Å². The fourth-order valence-electron chi connectivity index (χ4n) is 0.631. The Balaban J connectivity index is 1.99. The van der Waals surface area contributed by atoms with Crippen molar-refractivity contribution < 1.29 is 4.74 Å². The zero-order valence-corrected chi connectivity index (χ0v) is 8.72. The second kappa shape index (κ2) is 4.58. The van der Waals surface area contributed by atoms with Gasteiger partial charge in [-0.15, -0.1) is 0 Å². The second-order valence-electron chi connectivity index (χ2n) is 2.70. The van der Waals surface area contributed by atoms with Crippen LogP contribution in [0.1, 0.15) is 12.8 Å². The number of rotatable bonds is 2. The first kappa shape index (κ1) is 10.5. The van der Waals surface area contributed by atoms with Gasteiger partial charge in [-0.2, -0.15) is 0 Å². The summed E-state index contributed by atoms with van der Waals surface area (Å²) in [6, 6.07) is 0. The van der Waals surface area contributed by atoms with Crippen LogP contribution in [0.5, 0.6) is 0 Å². The molecule has 0 atom stereocenters. The molecule has 0 aliphatic heterocycles. The van der Waals surface area contributed by atoms with Crippen molar-refractivity contribution in [1.82, 2.24) is 0 Å². The average molecular weight is 228 g/mol. The lowest BCUT2D eigenvalue weighted by Gasteiger charge is -2.08. The van der Waals surface area contributed by atoms with Gasteiger partial charge in [0.15, 0.2) is 0 Å². The summed E-state index contributed by atoms with van der Waals surface area (Å²) in [5.74, 6) is 6.51. The summed E-state index contributed by atoms with van der Waals surface area (Å²) in [6.45, 7) is 0.446. The predicted octanol–water partition coefficient (Wildman–Crippen LogP) is 2.79. The zero-order chi connectivity index (χ0) is 9.03. The third-order valence-electron chi connectivity index (χ3n) is 1.32. The topological polar surface area (TPSA) is 9.23 Å². The summed E-state index contributed by atoms with van der Waals surface area (Å²) in [6.07, 6.45) is 2.44. The molecule has 0 spiro atoms. The van der Waals surface area contributed by atoms with Gasteiger partial charge < -0.3 is 4.74 Å². The molecule has 0 unspecified atom stereocenters. The molecule has 1 aliphatic carbocycles. The number of alkyl halides is 3. The largest absolute Gasteiger partial charge is 0.364 e. The normalized spacial score (nSPS) is 16.9. The first-order chi connectivity index (χ1) is 5.58. The first-order valence-corrected chi connectivity index (χ1v) is 4.84. The predicted molar refractivity (Wildman–Crippen MR) is 51.6 cm³/mol. The molecule has 1 nitrogen and oxygen atoms in total. The molecule has 1 rings (SSSR count). The quantitative estimate of drug-likeness (QED) is 0.400. The van der Waals surface area contributed by atoms with E-state index in [-0.39, 0.29) is 6.61 Å². The van der Waals surface area contributed by atoms with Crippen molar-refractivity contribution in [2.75, 3.05) is 13.2 Å². The van der Waals surface area contributed by atoms with Crippen LogP contribution in [0.2, 0.25) is 0 Å². The molecule has 0 aromatic carbocycles. The Morgan fingerprint density at radius 3 is 2.50 bits per heavy atom. The third kappa shape index (κ3) is 5.97. The summed E-state index contributed by atoms with van der Waals surface area (Å²) >= 11 is 16.3. The van der Waals surface area contributed by atoms with Gasteiger partial charge in [-0.25, -0.2) is 0 Å². The minimum absolute atomic E-state index is 0.0943. The number of hydrogen-bond donors (Lipinski definition) is 0. The first-order valence-electron chi connectivity index (χ1n) is 3.71. The van der Waals surface area contributed by atoms with E-state index in [9.17, 15) is 0 Å². The van der Waals surface area contributed by atoms with Crippen molar-refractivity contribution >= 4 is 34.8 Å². The third-order valence-corrected chi connectivity index (χ3v) is 1.65. The van der Waals surface area contributed by atoms with Crippen molar-refractivity contribution in [3.8, 4) is 11.8 Å². The van der Waals surface area contributed by atoms with Crippen molar-refractivity contribution in [3.63, 3.8) is 0 Å². The Morgan fingerprint density at radius 2 is 2.00 bits per heavy atom. The van der Waals surface area contributed by atoms with Crippen LogP contribution in [0.15, 0.2) is 0 Å². The SMILES string of the molecule is ClC(Cl)(Cl)COCC#CC1CC1. The monoisotopic (exact) mass is 226 g/mol. The van der Waals surface area contributed by atoms with Crippen LogP contribution in [0.4, 0.5) is 0 Å². The summed E-state index contributed by atoms with van der Waals surface area (Å²) in [5.41, 5.74) is 0. The molecule has 4 heteroatoms. The second-order valence-corrected chi connectivity index (χ2v) is 5.22. The van der Waals surface area contributed by atoms with Crippen LogP contribution in [0.25, 0.3) is 0 Å². The van der Waals surface area contributed by atoms with Gasteiger partial charge in [0.05, 0.1) is 6.61 Å². The smallest absolute Gasteiger partial charge is 0.213 e. The summed E-state index contributed by atoms with van der Waals surface area (Å²) in [7, 11) is 0. The number of halogens is 3. The van der Waals surface area contributed by atoms with Crippen molar-refractivity contribution in [2.24, 2.45) is 5.92 Å². The minimum atomic E-state index is -1.32. The fourth-order valence-corrected chi connectivity index (χ4v) is 0.863. The summed E-state index contributed by atoms with van der Waals surface area (Å²) < 4.78 is 3.69. The van der Waals surface area contributed by atoms with E-state index in [0.29, 0.717) is 12.5 Å². The van der Waals surface area contributed by atoms with E-state index >= 15 is 0 Å². The van der Waals surface area contributed by atoms with Gasteiger partial charge in [0.2, 0.25) is 3.79 Å². The maximum atomic E-state index is 5.44. The van der Waals surface area contributed by atoms with Crippen LogP contribution < -0.4 is 0 Å². The van der Waals surface area contributed by atoms with Crippen LogP contribution in [-0.4, -0.2) is 17.0 Å². The number of hydrogen-bond acceptors (Lipinski definition) is 1. The fraction of sp³-hybridized carbons (Fsp3) is 0.750. The van der Waals surface area contributed by atoms with Crippen LogP contribution in [0.3, 0.4) is 0 Å². The molecule has 12 heavy (non-hydrogen) atoms. The van der Waals surface area contributed by atoms with E-state index in [0.717, 1.165) is 0 Å². The molecule has 0 N–H and O–H groups in total. The number of ether oxygens (including phenoxy) is 1. The van der Waals surface area contributed by atoms with Crippen LogP contribution in [0, 0.1) is 17.8 Å². The van der Waals surface area contributed by atoms with Gasteiger partial charge in [0.25, 0.3) is 0 Å². The van der Waals surface area contributed by atoms with Gasteiger partial charge in [-0.05, 0) is 12.8 Å². The lowest BCUT2D eigenvalue weighted by atomic mass is 10.4. The zero-order valence-electron chi connectivity index (χ0n) is 6.45. The maximum Gasteiger partial charge on any atom is 0.213 e. The molecule has 68 valence electrons. The molecule has 1 fully saturated rings. The van der Waals surface area contributed by atoms with Gasteiger partial charge in [-0.1, -0.05) is 46.6 Å². The molecule has 1 saturated carbocycles. The lowest BCUT2D eigenvalue weighted by Crippen LogP contribution is -2.12. The Kier molecular flexibility index (Phi) is 3.99. The van der Waals surface area contributed by atoms with E-state index < -0.39 is 3.79 Å². The highest BCUT2D eigenvalue weighted by atomic mass is 35.6. The van der Waals surface area contributed by atoms with E-state index in [4.69, 9.17) is 39.5 Å². The molecular weight excluding hydrogens is 218 g/mol. The highest BCUT2D eigenvalue weighted by Gasteiger charge is 2.19. The van der Waals surface area contributed by atoms with Gasteiger partial charge in [0.1, 0.15) is 6.61 Å². The summed E-state index contributed by atoms with van der Waals surface area (Å²) in [4.78, 5) is 0. The standard InChI is InChI=1S/C8H9Cl3O/c9-8(10,11)6-12-5-1-2-7-3-4-7/h7H,3-6H2. The van der Waals surface area contributed by atoms with Gasteiger partial charge in [0, 0.05) is 5.92 Å². The molecule has 0 aromatic rings. The molecule has 0 bridgehead atoms. The van der Waals surface area contributed by atoms with E-state index in [1.165, 1.54) is 12.8 Å². The van der Waals surface area contributed by atoms with E-state index in [2.05, 4.69) is 11.8 Å². The Morgan fingerprint density at radius 1 is 1.33 bits per heavy atom. The Bertz CT molecular complexity index is 195. The van der Waals surface area contributed by atoms with Gasteiger partial charge in [-0.3, -0.25) is 0 Å². The molecule has 0 heterocycles.